The highest BCUT2D eigenvalue weighted by Crippen LogP contribution is 2.38. The molecule has 0 aromatic rings. The Morgan fingerprint density at radius 1 is 1.29 bits per heavy atom. The minimum Gasteiger partial charge on any atom is -0.386 e. The van der Waals surface area contributed by atoms with E-state index in [1.54, 1.807) is 0 Å². The van der Waals surface area contributed by atoms with E-state index in [9.17, 15) is 5.11 Å². The van der Waals surface area contributed by atoms with Gasteiger partial charge >= 0.3 is 0 Å². The van der Waals surface area contributed by atoms with Crippen LogP contribution < -0.4 is 5.32 Å². The van der Waals surface area contributed by atoms with E-state index in [4.69, 9.17) is 0 Å². The van der Waals surface area contributed by atoms with E-state index in [1.165, 1.54) is 31.3 Å². The van der Waals surface area contributed by atoms with E-state index in [1.807, 2.05) is 0 Å². The SMILES string of the molecule is CCNC1CCC(O)(C2=CCCCCC2)CC1. The molecule has 0 aromatic carbocycles. The van der Waals surface area contributed by atoms with Crippen LogP contribution >= 0.6 is 0 Å². The number of allylic oxidation sites excluding steroid dienone is 1. The maximum atomic E-state index is 10.8. The predicted octanol–water partition coefficient (Wildman–Crippen LogP) is 3.16. The smallest absolute Gasteiger partial charge is 0.0857 e. The molecule has 2 nitrogen and oxygen atoms in total. The van der Waals surface area contributed by atoms with Crippen molar-refractivity contribution >= 4 is 0 Å². The lowest BCUT2D eigenvalue weighted by molar-refractivity contribution is 0.0276. The lowest BCUT2D eigenvalue weighted by Crippen LogP contribution is -2.42. The van der Waals surface area contributed by atoms with Gasteiger partial charge in [-0.1, -0.05) is 19.4 Å². The molecule has 2 rings (SSSR count). The molecule has 17 heavy (non-hydrogen) atoms. The Morgan fingerprint density at radius 2 is 2.06 bits per heavy atom. The van der Waals surface area contributed by atoms with E-state index in [2.05, 4.69) is 18.3 Å². The molecule has 0 saturated heterocycles. The van der Waals surface area contributed by atoms with Gasteiger partial charge in [-0.25, -0.2) is 0 Å². The Bertz CT molecular complexity index is 264. The van der Waals surface area contributed by atoms with Crippen molar-refractivity contribution in [2.75, 3.05) is 6.54 Å². The lowest BCUT2D eigenvalue weighted by Gasteiger charge is -2.38. The maximum absolute atomic E-state index is 10.8. The number of hydrogen-bond donors (Lipinski definition) is 2. The fourth-order valence-electron chi connectivity index (χ4n) is 3.35. The minimum atomic E-state index is -0.462. The predicted molar refractivity (Wildman–Crippen MR) is 72.1 cm³/mol. The summed E-state index contributed by atoms with van der Waals surface area (Å²) in [7, 11) is 0. The highest BCUT2D eigenvalue weighted by Gasteiger charge is 2.35. The topological polar surface area (TPSA) is 32.3 Å². The zero-order valence-corrected chi connectivity index (χ0v) is 11.2. The molecule has 0 bridgehead atoms. The Labute approximate surface area is 105 Å². The zero-order chi connectivity index (χ0) is 12.1. The van der Waals surface area contributed by atoms with Crippen LogP contribution in [0.4, 0.5) is 0 Å². The Balaban J connectivity index is 1.93. The summed E-state index contributed by atoms with van der Waals surface area (Å²) in [5, 5.41) is 14.3. The molecule has 2 heteroatoms. The molecule has 0 aliphatic heterocycles. The summed E-state index contributed by atoms with van der Waals surface area (Å²) in [6.45, 7) is 3.21. The van der Waals surface area contributed by atoms with Crippen molar-refractivity contribution in [1.82, 2.24) is 5.32 Å². The lowest BCUT2D eigenvalue weighted by atomic mass is 9.76. The van der Waals surface area contributed by atoms with Gasteiger partial charge < -0.3 is 10.4 Å². The Hall–Kier alpha value is -0.340. The van der Waals surface area contributed by atoms with Crippen molar-refractivity contribution in [1.29, 1.82) is 0 Å². The van der Waals surface area contributed by atoms with Crippen LogP contribution in [0.1, 0.15) is 64.7 Å². The van der Waals surface area contributed by atoms with Crippen LogP contribution in [0.2, 0.25) is 0 Å². The first-order valence-corrected chi connectivity index (χ1v) is 7.40. The normalized spacial score (nSPS) is 35.2. The molecule has 0 unspecified atom stereocenters. The van der Waals surface area contributed by atoms with Gasteiger partial charge in [0.1, 0.15) is 0 Å². The van der Waals surface area contributed by atoms with Crippen LogP contribution in [0.15, 0.2) is 11.6 Å². The summed E-state index contributed by atoms with van der Waals surface area (Å²) in [5.74, 6) is 0. The molecule has 0 spiro atoms. The first kappa shape index (κ1) is 13.1. The van der Waals surface area contributed by atoms with Gasteiger partial charge in [-0.05, 0) is 63.5 Å². The molecule has 0 heterocycles. The van der Waals surface area contributed by atoms with Crippen molar-refractivity contribution in [2.45, 2.75) is 76.4 Å². The number of aliphatic hydroxyl groups is 1. The molecule has 0 atom stereocenters. The third kappa shape index (κ3) is 3.32. The Morgan fingerprint density at radius 3 is 2.76 bits per heavy atom. The molecular formula is C15H27NO. The number of nitrogens with one attached hydrogen (secondary N) is 1. The van der Waals surface area contributed by atoms with E-state index in [0.717, 1.165) is 38.6 Å². The van der Waals surface area contributed by atoms with Crippen LogP contribution in [0, 0.1) is 0 Å². The summed E-state index contributed by atoms with van der Waals surface area (Å²) in [6, 6.07) is 0.631. The average Bonchev–Trinajstić information content (AvgIpc) is 2.62. The largest absolute Gasteiger partial charge is 0.386 e. The zero-order valence-electron chi connectivity index (χ0n) is 11.2. The van der Waals surface area contributed by atoms with E-state index < -0.39 is 5.60 Å². The van der Waals surface area contributed by atoms with E-state index >= 15 is 0 Å². The first-order chi connectivity index (χ1) is 8.24. The first-order valence-electron chi connectivity index (χ1n) is 7.40. The van der Waals surface area contributed by atoms with Crippen LogP contribution in [0.3, 0.4) is 0 Å². The van der Waals surface area contributed by atoms with Crippen molar-refractivity contribution in [3.63, 3.8) is 0 Å². The fraction of sp³-hybridized carbons (Fsp3) is 0.867. The van der Waals surface area contributed by atoms with Gasteiger partial charge in [0.15, 0.2) is 0 Å². The summed E-state index contributed by atoms with van der Waals surface area (Å²) >= 11 is 0. The second kappa shape index (κ2) is 6.01. The quantitative estimate of drug-likeness (QED) is 0.739. The highest BCUT2D eigenvalue weighted by atomic mass is 16.3. The van der Waals surface area contributed by atoms with Gasteiger partial charge in [0, 0.05) is 6.04 Å². The summed E-state index contributed by atoms with van der Waals surface area (Å²) in [5.41, 5.74) is 0.890. The molecule has 1 saturated carbocycles. The van der Waals surface area contributed by atoms with Gasteiger partial charge in [0.05, 0.1) is 5.60 Å². The van der Waals surface area contributed by atoms with Crippen molar-refractivity contribution in [2.24, 2.45) is 0 Å². The molecule has 2 aliphatic rings. The number of rotatable bonds is 3. The summed E-state index contributed by atoms with van der Waals surface area (Å²) in [6.07, 6.45) is 12.7. The molecule has 98 valence electrons. The second-order valence-corrected chi connectivity index (χ2v) is 5.69. The molecule has 0 aromatic heterocycles. The average molecular weight is 237 g/mol. The maximum Gasteiger partial charge on any atom is 0.0857 e. The van der Waals surface area contributed by atoms with Crippen LogP contribution in [-0.4, -0.2) is 23.3 Å². The molecular weight excluding hydrogens is 210 g/mol. The molecule has 0 radical (unpaired) electrons. The monoisotopic (exact) mass is 237 g/mol. The van der Waals surface area contributed by atoms with Gasteiger partial charge in [0.2, 0.25) is 0 Å². The van der Waals surface area contributed by atoms with Crippen molar-refractivity contribution < 1.29 is 5.11 Å². The van der Waals surface area contributed by atoms with Gasteiger partial charge in [-0.3, -0.25) is 0 Å². The van der Waals surface area contributed by atoms with Gasteiger partial charge in [0.25, 0.3) is 0 Å². The fourth-order valence-corrected chi connectivity index (χ4v) is 3.35. The van der Waals surface area contributed by atoms with E-state index in [-0.39, 0.29) is 0 Å². The molecule has 1 fully saturated rings. The summed E-state index contributed by atoms with van der Waals surface area (Å²) in [4.78, 5) is 0. The van der Waals surface area contributed by atoms with Gasteiger partial charge in [-0.2, -0.15) is 0 Å². The highest BCUT2D eigenvalue weighted by molar-refractivity contribution is 5.19. The minimum absolute atomic E-state index is 0.462. The van der Waals surface area contributed by atoms with Crippen LogP contribution in [0.25, 0.3) is 0 Å². The number of hydrogen-bond acceptors (Lipinski definition) is 2. The van der Waals surface area contributed by atoms with Crippen LogP contribution in [0.5, 0.6) is 0 Å². The molecule has 0 amide bonds. The Kier molecular flexibility index (Phi) is 4.63. The molecule has 2 aliphatic carbocycles. The third-order valence-electron chi connectivity index (χ3n) is 4.44. The standard InChI is InChI=1S/C15H27NO/c1-2-16-14-9-11-15(17,12-10-14)13-7-5-3-4-6-8-13/h7,14,16-17H,2-6,8-12H2,1H3. The second-order valence-electron chi connectivity index (χ2n) is 5.69. The van der Waals surface area contributed by atoms with Crippen molar-refractivity contribution in [3.05, 3.63) is 11.6 Å². The third-order valence-corrected chi connectivity index (χ3v) is 4.44. The van der Waals surface area contributed by atoms with Crippen LogP contribution in [-0.2, 0) is 0 Å². The summed E-state index contributed by atoms with van der Waals surface area (Å²) < 4.78 is 0. The van der Waals surface area contributed by atoms with E-state index in [0.29, 0.717) is 6.04 Å². The molecule has 2 N–H and O–H groups in total. The van der Waals surface area contributed by atoms with Gasteiger partial charge in [-0.15, -0.1) is 0 Å². The van der Waals surface area contributed by atoms with Crippen molar-refractivity contribution in [3.8, 4) is 0 Å².